The Morgan fingerprint density at radius 2 is 1.88 bits per heavy atom. The highest BCUT2D eigenvalue weighted by Gasteiger charge is 2.43. The number of rotatable bonds is 4. The summed E-state index contributed by atoms with van der Waals surface area (Å²) in [5.41, 5.74) is 0. The van der Waals surface area contributed by atoms with E-state index in [4.69, 9.17) is 18.4 Å². The third-order valence-corrected chi connectivity index (χ3v) is 2.84. The van der Waals surface area contributed by atoms with Crippen LogP contribution < -0.4 is 0 Å². The fourth-order valence-corrected chi connectivity index (χ4v) is 2.16. The Hall–Kier alpha value is -0.250. The van der Waals surface area contributed by atoms with E-state index >= 15 is 0 Å². The predicted molar refractivity (Wildman–Crippen MR) is 53.3 cm³/mol. The van der Waals surface area contributed by atoms with Gasteiger partial charge in [0.1, 0.15) is 12.2 Å². The fraction of sp³-hybridized carbons (Fsp3) is 1.00. The van der Waals surface area contributed by atoms with Crippen molar-refractivity contribution in [2.75, 3.05) is 27.1 Å². The summed E-state index contributed by atoms with van der Waals surface area (Å²) >= 11 is 0. The quantitative estimate of drug-likeness (QED) is 0.626. The first-order valence-corrected chi connectivity index (χ1v) is 6.44. The van der Waals surface area contributed by atoms with Crippen molar-refractivity contribution in [1.29, 1.82) is 0 Å². The van der Waals surface area contributed by atoms with Crippen LogP contribution in [-0.2, 0) is 28.5 Å². The third-order valence-electron chi connectivity index (χ3n) is 2.26. The van der Waals surface area contributed by atoms with Crippen LogP contribution >= 0.6 is 0 Å². The molecule has 1 fully saturated rings. The third kappa shape index (κ3) is 3.37. The molecule has 1 N–H and O–H groups in total. The molecule has 0 saturated carbocycles. The van der Waals surface area contributed by atoms with Gasteiger partial charge in [-0.2, -0.15) is 8.42 Å². The lowest BCUT2D eigenvalue weighted by Gasteiger charge is -2.37. The Bertz CT molecular complexity index is 314. The van der Waals surface area contributed by atoms with Crippen molar-refractivity contribution < 1.29 is 31.9 Å². The molecule has 0 amide bonds. The standard InChI is InChI=1S/C8H16O7S/c1-12-5-4-14-8(9)7(6(5)13-2)15-16(3,10)11/h5-9H,4H2,1-3H3. The molecule has 96 valence electrons. The minimum absolute atomic E-state index is 0.111. The van der Waals surface area contributed by atoms with Crippen molar-refractivity contribution in [3.05, 3.63) is 0 Å². The van der Waals surface area contributed by atoms with E-state index < -0.39 is 34.7 Å². The summed E-state index contributed by atoms with van der Waals surface area (Å²) in [6.45, 7) is 0.111. The highest BCUT2D eigenvalue weighted by atomic mass is 32.2. The SMILES string of the molecule is COC1COC(O)C(OS(C)(=O)=O)C1OC. The van der Waals surface area contributed by atoms with Crippen LogP contribution in [0.1, 0.15) is 0 Å². The van der Waals surface area contributed by atoms with Gasteiger partial charge in [0.25, 0.3) is 10.1 Å². The lowest BCUT2D eigenvalue weighted by molar-refractivity contribution is -0.253. The van der Waals surface area contributed by atoms with Crippen LogP contribution in [0.15, 0.2) is 0 Å². The summed E-state index contributed by atoms with van der Waals surface area (Å²) in [5.74, 6) is 0. The van der Waals surface area contributed by atoms with Gasteiger partial charge in [0.05, 0.1) is 12.9 Å². The Kier molecular flexibility index (Phi) is 4.65. The first-order chi connectivity index (χ1) is 7.39. The topological polar surface area (TPSA) is 91.3 Å². The summed E-state index contributed by atoms with van der Waals surface area (Å²) in [6.07, 6.45) is -2.78. The molecule has 0 aromatic rings. The average Bonchev–Trinajstić information content (AvgIpc) is 2.19. The van der Waals surface area contributed by atoms with E-state index in [1.807, 2.05) is 0 Å². The molecule has 16 heavy (non-hydrogen) atoms. The number of methoxy groups -OCH3 is 2. The monoisotopic (exact) mass is 256 g/mol. The van der Waals surface area contributed by atoms with Gasteiger partial charge >= 0.3 is 0 Å². The van der Waals surface area contributed by atoms with Gasteiger partial charge in [0.2, 0.25) is 0 Å². The van der Waals surface area contributed by atoms with Crippen LogP contribution in [0.25, 0.3) is 0 Å². The van der Waals surface area contributed by atoms with Crippen molar-refractivity contribution in [2.24, 2.45) is 0 Å². The van der Waals surface area contributed by atoms with Gasteiger partial charge in [-0.1, -0.05) is 0 Å². The van der Waals surface area contributed by atoms with Gasteiger partial charge < -0.3 is 19.3 Å². The molecular formula is C8H16O7S. The van der Waals surface area contributed by atoms with Crippen LogP contribution in [0.3, 0.4) is 0 Å². The number of aliphatic hydroxyl groups is 1. The molecule has 0 radical (unpaired) electrons. The van der Waals surface area contributed by atoms with Crippen LogP contribution in [-0.4, -0.2) is 65.2 Å². The summed E-state index contributed by atoms with van der Waals surface area (Å²) < 4.78 is 41.8. The molecule has 0 spiro atoms. The smallest absolute Gasteiger partial charge is 0.264 e. The lowest BCUT2D eigenvalue weighted by atomic mass is 10.1. The zero-order chi connectivity index (χ0) is 12.3. The largest absolute Gasteiger partial charge is 0.376 e. The second kappa shape index (κ2) is 5.39. The van der Waals surface area contributed by atoms with Gasteiger partial charge in [0, 0.05) is 14.2 Å². The van der Waals surface area contributed by atoms with Crippen molar-refractivity contribution in [2.45, 2.75) is 24.6 Å². The predicted octanol–water partition coefficient (Wildman–Crippen LogP) is -1.29. The minimum Gasteiger partial charge on any atom is -0.376 e. The molecule has 1 aliphatic heterocycles. The van der Waals surface area contributed by atoms with E-state index in [0.717, 1.165) is 6.26 Å². The zero-order valence-electron chi connectivity index (χ0n) is 9.32. The van der Waals surface area contributed by atoms with E-state index in [1.165, 1.54) is 14.2 Å². The Morgan fingerprint density at radius 1 is 1.25 bits per heavy atom. The van der Waals surface area contributed by atoms with Gasteiger partial charge in [-0.05, 0) is 0 Å². The second-order valence-corrected chi connectivity index (χ2v) is 5.06. The molecule has 0 aromatic carbocycles. The summed E-state index contributed by atoms with van der Waals surface area (Å²) in [4.78, 5) is 0. The molecule has 0 bridgehead atoms. The molecule has 0 aliphatic carbocycles. The first kappa shape index (κ1) is 13.8. The second-order valence-electron chi connectivity index (χ2n) is 3.46. The number of aliphatic hydroxyl groups excluding tert-OH is 1. The highest BCUT2D eigenvalue weighted by Crippen LogP contribution is 2.22. The maximum absolute atomic E-state index is 11.0. The van der Waals surface area contributed by atoms with E-state index in [0.29, 0.717) is 0 Å². The Balaban J connectivity index is 2.82. The van der Waals surface area contributed by atoms with Crippen LogP contribution in [0.4, 0.5) is 0 Å². The molecule has 4 unspecified atom stereocenters. The van der Waals surface area contributed by atoms with Gasteiger partial charge in [-0.3, -0.25) is 4.18 Å². The summed E-state index contributed by atoms with van der Waals surface area (Å²) in [7, 11) is -0.885. The van der Waals surface area contributed by atoms with Crippen LogP contribution in [0.2, 0.25) is 0 Å². The zero-order valence-corrected chi connectivity index (χ0v) is 10.1. The van der Waals surface area contributed by atoms with Crippen LogP contribution in [0, 0.1) is 0 Å². The van der Waals surface area contributed by atoms with Crippen molar-refractivity contribution in [3.8, 4) is 0 Å². The minimum atomic E-state index is -3.71. The number of hydrogen-bond donors (Lipinski definition) is 1. The van der Waals surface area contributed by atoms with E-state index in [2.05, 4.69) is 0 Å². The van der Waals surface area contributed by atoms with E-state index in [1.54, 1.807) is 0 Å². The molecule has 1 saturated heterocycles. The number of hydrogen-bond acceptors (Lipinski definition) is 7. The molecule has 0 aromatic heterocycles. The average molecular weight is 256 g/mol. The fourth-order valence-electron chi connectivity index (χ4n) is 1.55. The molecule has 7 nitrogen and oxygen atoms in total. The summed E-state index contributed by atoms with van der Waals surface area (Å²) in [5, 5.41) is 9.50. The lowest BCUT2D eigenvalue weighted by Crippen LogP contribution is -2.56. The van der Waals surface area contributed by atoms with Crippen molar-refractivity contribution >= 4 is 10.1 Å². The first-order valence-electron chi connectivity index (χ1n) is 4.62. The van der Waals surface area contributed by atoms with Crippen molar-refractivity contribution in [1.82, 2.24) is 0 Å². The molecule has 4 atom stereocenters. The van der Waals surface area contributed by atoms with Gasteiger partial charge in [-0.25, -0.2) is 0 Å². The maximum Gasteiger partial charge on any atom is 0.264 e. The Morgan fingerprint density at radius 3 is 2.31 bits per heavy atom. The Labute approximate surface area is 94.4 Å². The van der Waals surface area contributed by atoms with Crippen LogP contribution in [0.5, 0.6) is 0 Å². The van der Waals surface area contributed by atoms with Crippen molar-refractivity contribution in [3.63, 3.8) is 0 Å². The molecule has 1 rings (SSSR count). The molecule has 1 heterocycles. The molecular weight excluding hydrogens is 240 g/mol. The number of ether oxygens (including phenoxy) is 3. The molecule has 8 heteroatoms. The highest BCUT2D eigenvalue weighted by molar-refractivity contribution is 7.86. The molecule has 1 aliphatic rings. The van der Waals surface area contributed by atoms with E-state index in [-0.39, 0.29) is 6.61 Å². The summed E-state index contributed by atoms with van der Waals surface area (Å²) in [6, 6.07) is 0. The van der Waals surface area contributed by atoms with E-state index in [9.17, 15) is 13.5 Å². The van der Waals surface area contributed by atoms with Gasteiger partial charge in [0.15, 0.2) is 12.4 Å². The maximum atomic E-state index is 11.0. The van der Waals surface area contributed by atoms with Gasteiger partial charge in [-0.15, -0.1) is 0 Å². The normalized spacial score (nSPS) is 36.2.